The molecule has 1 aliphatic heterocycles. The van der Waals surface area contributed by atoms with Crippen LogP contribution in [0.15, 0.2) is 67.1 Å². The van der Waals surface area contributed by atoms with E-state index < -0.39 is 6.04 Å². The molecule has 32 heavy (non-hydrogen) atoms. The van der Waals surface area contributed by atoms with Gasteiger partial charge in [0.25, 0.3) is 0 Å². The van der Waals surface area contributed by atoms with E-state index in [0.717, 1.165) is 28.3 Å². The van der Waals surface area contributed by atoms with E-state index in [1.807, 2.05) is 72.4 Å². The first-order valence-electron chi connectivity index (χ1n) is 10.4. The molecule has 7 heteroatoms. The number of methoxy groups -OCH3 is 1. The summed E-state index contributed by atoms with van der Waals surface area (Å²) in [6.45, 7) is 1.51. The summed E-state index contributed by atoms with van der Waals surface area (Å²) in [7, 11) is 3.51. The molecule has 7 nitrogen and oxygen atoms in total. The number of nitrogens with one attached hydrogen (secondary N) is 1. The van der Waals surface area contributed by atoms with Crippen LogP contribution in [0.25, 0.3) is 6.08 Å². The van der Waals surface area contributed by atoms with Gasteiger partial charge < -0.3 is 19.5 Å². The first-order chi connectivity index (χ1) is 15.5. The number of amides is 2. The fraction of sp³-hybridized carbons (Fsp3) is 0.240. The van der Waals surface area contributed by atoms with Crippen molar-refractivity contribution in [3.63, 3.8) is 0 Å². The SMILES string of the molecule is COc1ccc(C(NC(=O)CC2c3ccccc3C=CN2C(C)=O)c2nccn2C)cc1. The van der Waals surface area contributed by atoms with E-state index in [-0.39, 0.29) is 24.3 Å². The largest absolute Gasteiger partial charge is 0.497 e. The molecule has 1 aliphatic rings. The molecule has 2 heterocycles. The second-order valence-corrected chi connectivity index (χ2v) is 7.76. The molecule has 0 saturated heterocycles. The van der Waals surface area contributed by atoms with Gasteiger partial charge in [-0.1, -0.05) is 36.4 Å². The Balaban J connectivity index is 1.61. The first-order valence-corrected chi connectivity index (χ1v) is 10.4. The Hall–Kier alpha value is -3.87. The normalized spacial score (nSPS) is 15.7. The quantitative estimate of drug-likeness (QED) is 0.648. The smallest absolute Gasteiger partial charge is 0.223 e. The van der Waals surface area contributed by atoms with Crippen LogP contribution in [-0.4, -0.2) is 33.4 Å². The fourth-order valence-electron chi connectivity index (χ4n) is 4.06. The second kappa shape index (κ2) is 9.09. The third-order valence-electron chi connectivity index (χ3n) is 5.72. The Labute approximate surface area is 187 Å². The number of aromatic nitrogens is 2. The maximum Gasteiger partial charge on any atom is 0.223 e. The third-order valence-corrected chi connectivity index (χ3v) is 5.72. The Kier molecular flexibility index (Phi) is 6.07. The minimum Gasteiger partial charge on any atom is -0.497 e. The van der Waals surface area contributed by atoms with Gasteiger partial charge >= 0.3 is 0 Å². The number of hydrogen-bond donors (Lipinski definition) is 1. The van der Waals surface area contributed by atoms with Crippen molar-refractivity contribution in [2.45, 2.75) is 25.4 Å². The number of fused-ring (bicyclic) bond motifs is 1. The summed E-state index contributed by atoms with van der Waals surface area (Å²) in [4.78, 5) is 31.6. The summed E-state index contributed by atoms with van der Waals surface area (Å²) < 4.78 is 7.15. The van der Waals surface area contributed by atoms with Crippen LogP contribution in [0, 0.1) is 0 Å². The van der Waals surface area contributed by atoms with Gasteiger partial charge in [0.2, 0.25) is 11.8 Å². The maximum atomic E-state index is 13.3. The van der Waals surface area contributed by atoms with Gasteiger partial charge in [-0.3, -0.25) is 9.59 Å². The van der Waals surface area contributed by atoms with Crippen molar-refractivity contribution < 1.29 is 14.3 Å². The van der Waals surface area contributed by atoms with Gasteiger partial charge in [-0.15, -0.1) is 0 Å². The molecule has 1 aromatic heterocycles. The molecule has 2 amide bonds. The van der Waals surface area contributed by atoms with Crippen LogP contribution in [-0.2, 0) is 16.6 Å². The number of aryl methyl sites for hydroxylation is 1. The molecule has 1 N–H and O–H groups in total. The number of nitrogens with zero attached hydrogens (tertiary/aromatic N) is 3. The minimum absolute atomic E-state index is 0.107. The summed E-state index contributed by atoms with van der Waals surface area (Å²) in [6, 6.07) is 14.6. The number of carbonyl (C=O) groups excluding carboxylic acids is 2. The average molecular weight is 431 g/mol. The van der Waals surface area contributed by atoms with Crippen molar-refractivity contribution in [3.05, 3.63) is 89.6 Å². The number of imidazole rings is 1. The molecule has 0 spiro atoms. The second-order valence-electron chi connectivity index (χ2n) is 7.76. The zero-order valence-electron chi connectivity index (χ0n) is 18.4. The number of carbonyl (C=O) groups is 2. The monoisotopic (exact) mass is 430 g/mol. The van der Waals surface area contributed by atoms with Crippen LogP contribution in [0.3, 0.4) is 0 Å². The first kappa shape index (κ1) is 21.4. The highest BCUT2D eigenvalue weighted by Crippen LogP contribution is 2.33. The molecule has 0 aliphatic carbocycles. The van der Waals surface area contributed by atoms with Crippen molar-refractivity contribution in [2.75, 3.05) is 7.11 Å². The Morgan fingerprint density at radius 1 is 1.16 bits per heavy atom. The Morgan fingerprint density at radius 2 is 1.91 bits per heavy atom. The van der Waals surface area contributed by atoms with Crippen LogP contribution in [0.5, 0.6) is 5.75 Å². The molecule has 3 aromatic rings. The highest BCUT2D eigenvalue weighted by Gasteiger charge is 2.30. The summed E-state index contributed by atoms with van der Waals surface area (Å²) in [5.41, 5.74) is 2.86. The highest BCUT2D eigenvalue weighted by molar-refractivity contribution is 5.82. The van der Waals surface area contributed by atoms with Gasteiger partial charge in [-0.05, 0) is 34.9 Å². The molecule has 164 valence electrons. The molecule has 0 bridgehead atoms. The van der Waals surface area contributed by atoms with Gasteiger partial charge in [0.15, 0.2) is 0 Å². The van der Waals surface area contributed by atoms with Crippen molar-refractivity contribution in [2.24, 2.45) is 7.05 Å². The van der Waals surface area contributed by atoms with Crippen molar-refractivity contribution >= 4 is 17.9 Å². The number of benzene rings is 2. The number of ether oxygens (including phenoxy) is 1. The lowest BCUT2D eigenvalue weighted by atomic mass is 9.93. The predicted molar refractivity (Wildman–Crippen MR) is 122 cm³/mol. The maximum absolute atomic E-state index is 13.3. The van der Waals surface area contributed by atoms with Gasteiger partial charge in [0.05, 0.1) is 19.6 Å². The molecule has 2 atom stereocenters. The van der Waals surface area contributed by atoms with Gasteiger partial charge in [-0.2, -0.15) is 0 Å². The highest BCUT2D eigenvalue weighted by atomic mass is 16.5. The molecule has 0 radical (unpaired) electrons. The van der Waals surface area contributed by atoms with Crippen LogP contribution in [0.4, 0.5) is 0 Å². The van der Waals surface area contributed by atoms with E-state index >= 15 is 0 Å². The summed E-state index contributed by atoms with van der Waals surface area (Å²) in [5, 5.41) is 3.13. The third kappa shape index (κ3) is 4.27. The van der Waals surface area contributed by atoms with E-state index in [1.165, 1.54) is 6.92 Å². The van der Waals surface area contributed by atoms with Gasteiger partial charge in [-0.25, -0.2) is 4.98 Å². The molecular weight excluding hydrogens is 404 g/mol. The molecule has 2 aromatic carbocycles. The van der Waals surface area contributed by atoms with E-state index in [9.17, 15) is 9.59 Å². The Bertz CT molecular complexity index is 1150. The topological polar surface area (TPSA) is 76.5 Å². The molecular formula is C25H26N4O3. The van der Waals surface area contributed by atoms with E-state index in [0.29, 0.717) is 0 Å². The number of rotatable bonds is 6. The zero-order chi connectivity index (χ0) is 22.7. The molecule has 0 saturated carbocycles. The molecule has 2 unspecified atom stereocenters. The van der Waals surface area contributed by atoms with Crippen molar-refractivity contribution in [1.29, 1.82) is 0 Å². The lowest BCUT2D eigenvalue weighted by molar-refractivity contribution is -0.130. The summed E-state index contributed by atoms with van der Waals surface area (Å²) in [5.74, 6) is 1.18. The molecule has 0 fully saturated rings. The van der Waals surface area contributed by atoms with Crippen LogP contribution < -0.4 is 10.1 Å². The average Bonchev–Trinajstić information content (AvgIpc) is 3.23. The van der Waals surface area contributed by atoms with E-state index in [4.69, 9.17) is 4.74 Å². The van der Waals surface area contributed by atoms with Gasteiger partial charge in [0, 0.05) is 32.6 Å². The Morgan fingerprint density at radius 3 is 2.56 bits per heavy atom. The van der Waals surface area contributed by atoms with Crippen LogP contribution in [0.1, 0.15) is 47.9 Å². The van der Waals surface area contributed by atoms with Crippen molar-refractivity contribution in [3.8, 4) is 5.75 Å². The van der Waals surface area contributed by atoms with Crippen LogP contribution in [0.2, 0.25) is 0 Å². The fourth-order valence-corrected chi connectivity index (χ4v) is 4.06. The van der Waals surface area contributed by atoms with Crippen molar-refractivity contribution in [1.82, 2.24) is 19.8 Å². The summed E-state index contributed by atoms with van der Waals surface area (Å²) in [6.07, 6.45) is 7.34. The van der Waals surface area contributed by atoms with E-state index in [1.54, 1.807) is 24.4 Å². The summed E-state index contributed by atoms with van der Waals surface area (Å²) >= 11 is 0. The standard InChI is InChI=1S/C25H26N4O3/c1-17(30)29-14-12-18-6-4-5-7-21(18)22(29)16-23(31)27-24(25-26-13-15-28(25)2)19-8-10-20(32-3)11-9-19/h4-15,22,24H,16H2,1-3H3,(H,27,31). The van der Waals surface area contributed by atoms with E-state index in [2.05, 4.69) is 10.3 Å². The van der Waals surface area contributed by atoms with Crippen LogP contribution >= 0.6 is 0 Å². The number of hydrogen-bond acceptors (Lipinski definition) is 4. The molecule has 4 rings (SSSR count). The zero-order valence-corrected chi connectivity index (χ0v) is 18.4. The van der Waals surface area contributed by atoms with Gasteiger partial charge in [0.1, 0.15) is 17.6 Å². The lowest BCUT2D eigenvalue weighted by Crippen LogP contribution is -2.37. The predicted octanol–water partition coefficient (Wildman–Crippen LogP) is 3.60. The minimum atomic E-state index is -0.437. The lowest BCUT2D eigenvalue weighted by Gasteiger charge is -2.32.